The molecule has 0 atom stereocenters. The predicted octanol–water partition coefficient (Wildman–Crippen LogP) is 3.41. The van der Waals surface area contributed by atoms with Gasteiger partial charge in [-0.05, 0) is 12.8 Å². The summed E-state index contributed by atoms with van der Waals surface area (Å²) in [6, 6.07) is 3.74. The molecule has 0 radical (unpaired) electrons. The molecule has 0 aliphatic carbocycles. The minimum absolute atomic E-state index is 0. The van der Waals surface area contributed by atoms with Crippen molar-refractivity contribution >= 4 is 17.6 Å². The lowest BCUT2D eigenvalue weighted by atomic mass is 10.3. The minimum atomic E-state index is -0.338. The van der Waals surface area contributed by atoms with Crippen LogP contribution in [0.25, 0.3) is 0 Å². The predicted molar refractivity (Wildman–Crippen MR) is 114 cm³/mol. The molecular formula is C20H38N4O4. The molecule has 8 heteroatoms. The Bertz CT molecular complexity index is 565. The van der Waals surface area contributed by atoms with Crippen molar-refractivity contribution in [3.05, 3.63) is 12.1 Å². The largest absolute Gasteiger partial charge is 0.474 e. The van der Waals surface area contributed by atoms with Gasteiger partial charge in [0.1, 0.15) is 19.0 Å². The lowest BCUT2D eigenvalue weighted by Gasteiger charge is -2.26. The van der Waals surface area contributed by atoms with Crippen molar-refractivity contribution in [1.82, 2.24) is 9.88 Å². The maximum absolute atomic E-state index is 11.9. The fourth-order valence-electron chi connectivity index (χ4n) is 2.79. The van der Waals surface area contributed by atoms with Crippen molar-refractivity contribution < 1.29 is 20.4 Å². The van der Waals surface area contributed by atoms with Crippen LogP contribution in [0.2, 0.25) is 0 Å². The van der Waals surface area contributed by atoms with E-state index in [1.165, 1.54) is 0 Å². The first kappa shape index (κ1) is 23.8. The lowest BCUT2D eigenvalue weighted by Crippen LogP contribution is -2.41. The highest BCUT2D eigenvalue weighted by atomic mass is 16.6. The van der Waals surface area contributed by atoms with Crippen molar-refractivity contribution in [2.45, 2.75) is 40.5 Å². The van der Waals surface area contributed by atoms with Gasteiger partial charge in [0.25, 0.3) is 0 Å². The van der Waals surface area contributed by atoms with Crippen LogP contribution in [0.4, 0.5) is 16.3 Å². The summed E-state index contributed by atoms with van der Waals surface area (Å²) < 4.78 is 16.1. The molecule has 1 fully saturated rings. The smallest absolute Gasteiger partial charge is 0.410 e. The summed E-state index contributed by atoms with van der Waals surface area (Å²) >= 11 is 0. The van der Waals surface area contributed by atoms with Gasteiger partial charge in [0.15, 0.2) is 0 Å². The highest BCUT2D eigenvalue weighted by Gasteiger charge is 2.17. The molecule has 28 heavy (non-hydrogen) atoms. The van der Waals surface area contributed by atoms with Crippen LogP contribution in [-0.4, -0.2) is 68.6 Å². The van der Waals surface area contributed by atoms with Crippen molar-refractivity contribution in [2.75, 3.05) is 63.2 Å². The summed E-state index contributed by atoms with van der Waals surface area (Å²) in [5.74, 6) is 0.861. The van der Waals surface area contributed by atoms with Crippen LogP contribution in [-0.2, 0) is 9.47 Å². The molecule has 1 aromatic heterocycles. The molecule has 0 spiro atoms. The Kier molecular flexibility index (Phi) is 11.8. The quantitative estimate of drug-likeness (QED) is 0.637. The van der Waals surface area contributed by atoms with Crippen LogP contribution < -0.4 is 15.4 Å². The number of hydrogen-bond acceptors (Lipinski definition) is 7. The Morgan fingerprint density at radius 3 is 2.46 bits per heavy atom. The molecule has 0 bridgehead atoms. The molecule has 1 aromatic rings. The van der Waals surface area contributed by atoms with E-state index in [4.69, 9.17) is 19.9 Å². The Morgan fingerprint density at radius 2 is 1.86 bits per heavy atom. The zero-order valence-corrected chi connectivity index (χ0v) is 17.8. The van der Waals surface area contributed by atoms with Gasteiger partial charge in [-0.25, -0.2) is 4.79 Å². The van der Waals surface area contributed by atoms with E-state index in [9.17, 15) is 4.79 Å². The minimum Gasteiger partial charge on any atom is -0.474 e. The Labute approximate surface area is 170 Å². The third-order valence-electron chi connectivity index (χ3n) is 3.99. The highest BCUT2D eigenvalue weighted by Crippen LogP contribution is 2.23. The number of rotatable bonds is 9. The van der Waals surface area contributed by atoms with Crippen molar-refractivity contribution in [3.8, 4) is 5.88 Å². The van der Waals surface area contributed by atoms with Crippen molar-refractivity contribution in [2.24, 2.45) is 0 Å². The van der Waals surface area contributed by atoms with Gasteiger partial charge in [-0.15, -0.1) is 0 Å². The molecule has 8 nitrogen and oxygen atoms in total. The number of aromatic nitrogens is 1. The van der Waals surface area contributed by atoms with Crippen LogP contribution in [0.3, 0.4) is 0 Å². The van der Waals surface area contributed by atoms with Gasteiger partial charge in [0.2, 0.25) is 5.88 Å². The van der Waals surface area contributed by atoms with Gasteiger partial charge < -0.3 is 29.7 Å². The molecule has 0 saturated carbocycles. The van der Waals surface area contributed by atoms with Gasteiger partial charge in [-0.3, -0.25) is 0 Å². The van der Waals surface area contributed by atoms with Gasteiger partial charge in [-0.2, -0.15) is 4.98 Å². The monoisotopic (exact) mass is 398 g/mol. The number of morpholine rings is 1. The van der Waals surface area contributed by atoms with E-state index in [2.05, 4.69) is 23.7 Å². The standard InChI is InChI=1S/C18H30N4O4.C2H6.H2/c1-3-5-21(6-4-2)15-13-16(19)20-17(14-15)25-11-12-26-18(23)22-7-9-24-10-8-22;1-2;/h13-14H,3-12H2,1-2H3,(H2,19,20);1-2H3;1H. The van der Waals surface area contributed by atoms with Gasteiger partial charge >= 0.3 is 6.09 Å². The fourth-order valence-corrected chi connectivity index (χ4v) is 2.79. The number of ether oxygens (including phenoxy) is 3. The summed E-state index contributed by atoms with van der Waals surface area (Å²) in [6.45, 7) is 12.8. The molecule has 0 unspecified atom stereocenters. The number of nitrogens with zero attached hydrogens (tertiary/aromatic N) is 3. The van der Waals surface area contributed by atoms with E-state index in [1.807, 2.05) is 26.0 Å². The van der Waals surface area contributed by atoms with Crippen LogP contribution in [0.15, 0.2) is 12.1 Å². The Morgan fingerprint density at radius 1 is 1.21 bits per heavy atom. The second-order valence-electron chi connectivity index (χ2n) is 6.14. The average Bonchev–Trinajstić information content (AvgIpc) is 2.72. The first-order chi connectivity index (χ1) is 13.6. The SMILES string of the molecule is CC.CCCN(CCC)c1cc(N)nc(OCCOC(=O)N2CCOCC2)c1.[HH]. The molecule has 2 heterocycles. The molecule has 2 rings (SSSR count). The van der Waals surface area contributed by atoms with E-state index in [0.29, 0.717) is 38.0 Å². The maximum Gasteiger partial charge on any atom is 0.410 e. The van der Waals surface area contributed by atoms with Crippen LogP contribution in [0.1, 0.15) is 42.0 Å². The molecule has 162 valence electrons. The lowest BCUT2D eigenvalue weighted by molar-refractivity contribution is 0.0238. The molecule has 1 amide bonds. The van der Waals surface area contributed by atoms with Crippen LogP contribution >= 0.6 is 0 Å². The number of anilines is 2. The molecule has 0 aromatic carbocycles. The number of carbonyl (C=O) groups is 1. The fraction of sp³-hybridized carbons (Fsp3) is 0.700. The summed E-state index contributed by atoms with van der Waals surface area (Å²) in [7, 11) is 0. The van der Waals surface area contributed by atoms with Crippen LogP contribution in [0.5, 0.6) is 5.88 Å². The second-order valence-corrected chi connectivity index (χ2v) is 6.14. The van der Waals surface area contributed by atoms with E-state index >= 15 is 0 Å². The topological polar surface area (TPSA) is 90.2 Å². The maximum atomic E-state index is 11.9. The molecule has 1 aliphatic heterocycles. The molecular weight excluding hydrogens is 360 g/mol. The number of nitrogen functional groups attached to an aromatic ring is 1. The zero-order valence-electron chi connectivity index (χ0n) is 17.8. The number of hydrogen-bond donors (Lipinski definition) is 1. The number of carbonyl (C=O) groups excluding carboxylic acids is 1. The first-order valence-corrected chi connectivity index (χ1v) is 10.3. The summed E-state index contributed by atoms with van der Waals surface area (Å²) in [5.41, 5.74) is 6.92. The highest BCUT2D eigenvalue weighted by molar-refractivity contribution is 5.67. The number of amides is 1. The van der Waals surface area contributed by atoms with Gasteiger partial charge in [-0.1, -0.05) is 27.7 Å². The van der Waals surface area contributed by atoms with Gasteiger partial charge in [0.05, 0.1) is 13.2 Å². The molecule has 1 saturated heterocycles. The Hall–Kier alpha value is -2.22. The first-order valence-electron chi connectivity index (χ1n) is 10.3. The molecule has 2 N–H and O–H groups in total. The number of pyridine rings is 1. The van der Waals surface area contributed by atoms with E-state index in [-0.39, 0.29) is 20.7 Å². The van der Waals surface area contributed by atoms with E-state index in [1.54, 1.807) is 4.90 Å². The van der Waals surface area contributed by atoms with Crippen LogP contribution in [0, 0.1) is 0 Å². The number of nitrogens with two attached hydrogens (primary N) is 1. The van der Waals surface area contributed by atoms with E-state index in [0.717, 1.165) is 31.6 Å². The Balaban J connectivity index is 0.00000253. The van der Waals surface area contributed by atoms with Gasteiger partial charge in [0, 0.05) is 45.4 Å². The van der Waals surface area contributed by atoms with Crippen molar-refractivity contribution in [1.29, 1.82) is 0 Å². The summed E-state index contributed by atoms with van der Waals surface area (Å²) in [6.07, 6.45) is 1.77. The zero-order chi connectivity index (χ0) is 20.8. The normalized spacial score (nSPS) is 13.4. The summed E-state index contributed by atoms with van der Waals surface area (Å²) in [5, 5.41) is 0. The third-order valence-corrected chi connectivity index (χ3v) is 3.99. The van der Waals surface area contributed by atoms with Crippen molar-refractivity contribution in [3.63, 3.8) is 0 Å². The molecule has 1 aliphatic rings. The van der Waals surface area contributed by atoms with E-state index < -0.39 is 0 Å². The third kappa shape index (κ3) is 8.21. The second kappa shape index (κ2) is 13.9. The summed E-state index contributed by atoms with van der Waals surface area (Å²) in [4.78, 5) is 20.0. The average molecular weight is 399 g/mol.